The third-order valence-electron chi connectivity index (χ3n) is 6.76. The van der Waals surface area contributed by atoms with E-state index in [-0.39, 0.29) is 37.1 Å². The highest BCUT2D eigenvalue weighted by molar-refractivity contribution is 6.05. The maximum absolute atomic E-state index is 15.1. The van der Waals surface area contributed by atoms with Crippen LogP contribution in [0.5, 0.6) is 0 Å². The first-order valence-corrected chi connectivity index (χ1v) is 12.2. The van der Waals surface area contributed by atoms with Crippen LogP contribution in [-0.4, -0.2) is 71.4 Å². The third kappa shape index (κ3) is 5.80. The van der Waals surface area contributed by atoms with E-state index in [4.69, 9.17) is 4.74 Å². The number of nitrogens with zero attached hydrogens (tertiary/aromatic N) is 2. The van der Waals surface area contributed by atoms with Gasteiger partial charge in [0, 0.05) is 31.6 Å². The summed E-state index contributed by atoms with van der Waals surface area (Å²) in [5.74, 6) is -1.54. The van der Waals surface area contributed by atoms with E-state index < -0.39 is 29.5 Å². The van der Waals surface area contributed by atoms with E-state index in [2.05, 4.69) is 15.5 Å². The summed E-state index contributed by atoms with van der Waals surface area (Å²) in [6, 6.07) is 2.37. The van der Waals surface area contributed by atoms with Crippen LogP contribution in [0.3, 0.4) is 0 Å². The van der Waals surface area contributed by atoms with Gasteiger partial charge in [-0.05, 0) is 76.2 Å². The second-order valence-corrected chi connectivity index (χ2v) is 10.5. The van der Waals surface area contributed by atoms with E-state index in [0.717, 1.165) is 31.5 Å². The standard InChI is InChI=1S/C25H33FN4O5/c1-25(2,3)35-24(34)27-8-11-29-9-6-15(7-10-29)17-12-16-14-30(23(33)18(16)13-19(17)26)20-4-5-21(31)28-22(20)32/h12-13,15,20H,4-11,14H2,1-3H3,(H,27,34)(H,28,31,32). The molecule has 2 fully saturated rings. The number of carbonyl (C=O) groups excluding carboxylic acids is 4. The molecule has 3 aliphatic rings. The van der Waals surface area contributed by atoms with Crippen LogP contribution in [0.4, 0.5) is 9.18 Å². The molecule has 35 heavy (non-hydrogen) atoms. The second kappa shape index (κ2) is 9.93. The lowest BCUT2D eigenvalue weighted by atomic mass is 9.87. The summed E-state index contributed by atoms with van der Waals surface area (Å²) in [4.78, 5) is 52.0. The normalized spacial score (nSPS) is 21.7. The number of halogens is 1. The molecule has 2 N–H and O–H groups in total. The lowest BCUT2D eigenvalue weighted by molar-refractivity contribution is -0.136. The molecule has 10 heteroatoms. The average molecular weight is 489 g/mol. The molecule has 1 atom stereocenters. The lowest BCUT2D eigenvalue weighted by Crippen LogP contribution is -2.52. The van der Waals surface area contributed by atoms with Gasteiger partial charge >= 0.3 is 6.09 Å². The van der Waals surface area contributed by atoms with Gasteiger partial charge in [0.05, 0.1) is 0 Å². The van der Waals surface area contributed by atoms with Crippen molar-refractivity contribution in [2.75, 3.05) is 26.2 Å². The number of alkyl carbamates (subject to hydrolysis) is 1. The van der Waals surface area contributed by atoms with Gasteiger partial charge in [-0.1, -0.05) is 6.07 Å². The number of carbonyl (C=O) groups is 4. The predicted molar refractivity (Wildman–Crippen MR) is 125 cm³/mol. The van der Waals surface area contributed by atoms with E-state index in [1.54, 1.807) is 6.07 Å². The molecule has 1 unspecified atom stereocenters. The molecule has 1 aromatic carbocycles. The van der Waals surface area contributed by atoms with Crippen molar-refractivity contribution in [3.8, 4) is 0 Å². The van der Waals surface area contributed by atoms with Crippen LogP contribution >= 0.6 is 0 Å². The van der Waals surface area contributed by atoms with Gasteiger partial charge in [0.25, 0.3) is 5.91 Å². The largest absolute Gasteiger partial charge is 0.444 e. The molecule has 4 rings (SSSR count). The fourth-order valence-electron chi connectivity index (χ4n) is 5.02. The first kappa shape index (κ1) is 25.1. The number of nitrogens with one attached hydrogen (secondary N) is 2. The Morgan fingerprint density at radius 3 is 2.54 bits per heavy atom. The number of fused-ring (bicyclic) bond motifs is 1. The van der Waals surface area contributed by atoms with Crippen LogP contribution in [0.2, 0.25) is 0 Å². The van der Waals surface area contributed by atoms with Crippen LogP contribution < -0.4 is 10.6 Å². The first-order valence-electron chi connectivity index (χ1n) is 12.2. The average Bonchev–Trinajstić information content (AvgIpc) is 3.08. The Morgan fingerprint density at radius 2 is 1.89 bits per heavy atom. The fraction of sp³-hybridized carbons (Fsp3) is 0.600. The summed E-state index contributed by atoms with van der Waals surface area (Å²) in [5, 5.41) is 5.04. The molecule has 0 bridgehead atoms. The number of amides is 4. The molecular weight excluding hydrogens is 455 g/mol. The Bertz CT molecular complexity index is 1030. The van der Waals surface area contributed by atoms with Crippen molar-refractivity contribution in [1.29, 1.82) is 0 Å². The number of ether oxygens (including phenoxy) is 1. The molecular formula is C25H33FN4O5. The number of likely N-dealkylation sites (tertiary alicyclic amines) is 1. The zero-order chi connectivity index (χ0) is 25.3. The van der Waals surface area contributed by atoms with E-state index in [1.807, 2.05) is 20.8 Å². The van der Waals surface area contributed by atoms with Crippen LogP contribution in [0.15, 0.2) is 12.1 Å². The number of benzene rings is 1. The number of hydrogen-bond donors (Lipinski definition) is 2. The minimum atomic E-state index is -0.711. The van der Waals surface area contributed by atoms with E-state index in [0.29, 0.717) is 24.2 Å². The van der Waals surface area contributed by atoms with Gasteiger partial charge in [0.2, 0.25) is 11.8 Å². The van der Waals surface area contributed by atoms with Crippen molar-refractivity contribution in [2.24, 2.45) is 0 Å². The topological polar surface area (TPSA) is 108 Å². The lowest BCUT2D eigenvalue weighted by Gasteiger charge is -2.32. The summed E-state index contributed by atoms with van der Waals surface area (Å²) >= 11 is 0. The molecule has 190 valence electrons. The quantitative estimate of drug-likeness (QED) is 0.616. The molecule has 0 saturated carbocycles. The summed E-state index contributed by atoms with van der Waals surface area (Å²) in [5.41, 5.74) is 1.08. The van der Waals surface area contributed by atoms with Gasteiger partial charge in [-0.2, -0.15) is 0 Å². The van der Waals surface area contributed by atoms with Gasteiger partial charge in [0.15, 0.2) is 0 Å². The summed E-state index contributed by atoms with van der Waals surface area (Å²) in [6.45, 7) is 8.41. The molecule has 4 amide bonds. The van der Waals surface area contributed by atoms with Crippen molar-refractivity contribution >= 4 is 23.8 Å². The zero-order valence-corrected chi connectivity index (χ0v) is 20.5. The van der Waals surface area contributed by atoms with Crippen LogP contribution in [0, 0.1) is 5.82 Å². The van der Waals surface area contributed by atoms with E-state index >= 15 is 4.39 Å². The Balaban J connectivity index is 1.32. The van der Waals surface area contributed by atoms with Gasteiger partial charge < -0.3 is 19.9 Å². The van der Waals surface area contributed by atoms with Crippen molar-refractivity contribution in [3.63, 3.8) is 0 Å². The Morgan fingerprint density at radius 1 is 1.17 bits per heavy atom. The molecule has 1 aromatic rings. The monoisotopic (exact) mass is 488 g/mol. The molecule has 0 aliphatic carbocycles. The maximum atomic E-state index is 15.1. The Kier molecular flexibility index (Phi) is 7.12. The smallest absolute Gasteiger partial charge is 0.407 e. The highest BCUT2D eigenvalue weighted by Crippen LogP contribution is 2.35. The molecule has 3 aliphatic heterocycles. The van der Waals surface area contributed by atoms with Gasteiger partial charge in [0.1, 0.15) is 17.5 Å². The van der Waals surface area contributed by atoms with Gasteiger partial charge in [-0.25, -0.2) is 9.18 Å². The fourth-order valence-corrected chi connectivity index (χ4v) is 5.02. The highest BCUT2D eigenvalue weighted by Gasteiger charge is 2.40. The minimum Gasteiger partial charge on any atom is -0.444 e. The van der Waals surface area contributed by atoms with Gasteiger partial charge in [-0.15, -0.1) is 0 Å². The Hall–Kier alpha value is -3.01. The molecule has 0 spiro atoms. The Labute approximate surface area is 204 Å². The number of rotatable bonds is 5. The number of imide groups is 1. The number of piperidine rings is 2. The summed E-state index contributed by atoms with van der Waals surface area (Å²) < 4.78 is 20.3. The third-order valence-corrected chi connectivity index (χ3v) is 6.76. The summed E-state index contributed by atoms with van der Waals surface area (Å²) in [6.07, 6.45) is 1.57. The van der Waals surface area contributed by atoms with Crippen molar-refractivity contribution in [3.05, 3.63) is 34.6 Å². The SMILES string of the molecule is CC(C)(C)OC(=O)NCCN1CCC(c2cc3c(cc2F)C(=O)N(C2CCC(=O)NC2=O)C3)CC1. The van der Waals surface area contributed by atoms with Crippen LogP contribution in [0.25, 0.3) is 0 Å². The van der Waals surface area contributed by atoms with Crippen molar-refractivity contribution < 1.29 is 28.3 Å². The molecule has 2 saturated heterocycles. The molecule has 9 nitrogen and oxygen atoms in total. The minimum absolute atomic E-state index is 0.0371. The zero-order valence-electron chi connectivity index (χ0n) is 20.5. The molecule has 0 aromatic heterocycles. The van der Waals surface area contributed by atoms with Crippen molar-refractivity contribution in [2.45, 2.75) is 70.6 Å². The number of hydrogen-bond acceptors (Lipinski definition) is 6. The molecule has 0 radical (unpaired) electrons. The van der Waals surface area contributed by atoms with Crippen LogP contribution in [0.1, 0.15) is 73.9 Å². The maximum Gasteiger partial charge on any atom is 0.407 e. The van der Waals surface area contributed by atoms with E-state index in [9.17, 15) is 19.2 Å². The summed E-state index contributed by atoms with van der Waals surface area (Å²) in [7, 11) is 0. The highest BCUT2D eigenvalue weighted by atomic mass is 19.1. The van der Waals surface area contributed by atoms with E-state index in [1.165, 1.54) is 11.0 Å². The first-order chi connectivity index (χ1) is 16.5. The molecule has 3 heterocycles. The predicted octanol–water partition coefficient (Wildman–Crippen LogP) is 2.29. The van der Waals surface area contributed by atoms with Crippen molar-refractivity contribution in [1.82, 2.24) is 20.4 Å². The second-order valence-electron chi connectivity index (χ2n) is 10.5. The van der Waals surface area contributed by atoms with Crippen LogP contribution in [-0.2, 0) is 20.9 Å². The van der Waals surface area contributed by atoms with Gasteiger partial charge in [-0.3, -0.25) is 19.7 Å².